The van der Waals surface area contributed by atoms with E-state index in [9.17, 15) is 4.79 Å². The van der Waals surface area contributed by atoms with Crippen molar-refractivity contribution in [2.45, 2.75) is 24.0 Å². The highest BCUT2D eigenvalue weighted by atomic mass is 79.9. The number of hydrogen-bond acceptors (Lipinski definition) is 4. The maximum Gasteiger partial charge on any atom is 0.354 e. The van der Waals surface area contributed by atoms with E-state index in [1.165, 1.54) is 6.20 Å². The Bertz CT molecular complexity index is 643. The molecule has 0 radical (unpaired) electrons. The van der Waals surface area contributed by atoms with Crippen LogP contribution in [-0.4, -0.2) is 25.8 Å². The van der Waals surface area contributed by atoms with E-state index in [2.05, 4.69) is 32.9 Å². The quantitative estimate of drug-likeness (QED) is 0.834. The van der Waals surface area contributed by atoms with Crippen LogP contribution < -0.4 is 0 Å². The van der Waals surface area contributed by atoms with Crippen molar-refractivity contribution in [2.75, 3.05) is 0 Å². The first-order chi connectivity index (χ1) is 9.52. The van der Waals surface area contributed by atoms with Crippen molar-refractivity contribution in [3.63, 3.8) is 0 Å². The highest BCUT2D eigenvalue weighted by Gasteiger charge is 2.13. The second kappa shape index (κ2) is 6.41. The number of aromatic carboxylic acids is 1. The fourth-order valence-corrected chi connectivity index (χ4v) is 3.67. The molecule has 2 aromatic rings. The number of thioether (sulfide) groups is 1. The topological polar surface area (TPSA) is 68.0 Å². The predicted octanol–water partition coefficient (Wildman–Crippen LogP) is 3.13. The number of pyridine rings is 1. The normalized spacial score (nSPS) is 10.8. The van der Waals surface area contributed by atoms with Gasteiger partial charge < -0.3 is 5.11 Å². The second-order valence-electron chi connectivity index (χ2n) is 4.16. The fourth-order valence-electron chi connectivity index (χ4n) is 1.75. The minimum absolute atomic E-state index is 0.0633. The minimum atomic E-state index is -1.01. The molecule has 0 aliphatic carbocycles. The Labute approximate surface area is 129 Å². The van der Waals surface area contributed by atoms with Crippen molar-refractivity contribution in [3.8, 4) is 0 Å². The molecule has 0 saturated heterocycles. The zero-order valence-corrected chi connectivity index (χ0v) is 13.5. The number of halogens is 1. The van der Waals surface area contributed by atoms with Crippen LogP contribution in [0.15, 0.2) is 27.7 Å². The van der Waals surface area contributed by atoms with Crippen LogP contribution in [0.3, 0.4) is 0 Å². The number of nitrogens with zero attached hydrogens (tertiary/aromatic N) is 3. The molecule has 1 N–H and O–H groups in total. The van der Waals surface area contributed by atoms with Crippen LogP contribution in [0.2, 0.25) is 0 Å². The summed E-state index contributed by atoms with van der Waals surface area (Å²) in [5.74, 6) is -0.296. The number of rotatable bonds is 5. The average Bonchev–Trinajstić information content (AvgIpc) is 2.71. The number of carboxylic acids is 1. The molecule has 0 spiro atoms. The summed E-state index contributed by atoms with van der Waals surface area (Å²) in [6.07, 6.45) is 2.39. The van der Waals surface area contributed by atoms with Crippen molar-refractivity contribution in [2.24, 2.45) is 7.05 Å². The molecular weight excluding hydrogens is 342 g/mol. The molecule has 0 amide bonds. The van der Waals surface area contributed by atoms with Crippen LogP contribution in [-0.2, 0) is 19.2 Å². The molecule has 2 rings (SSSR count). The summed E-state index contributed by atoms with van der Waals surface area (Å²) in [4.78, 5) is 15.6. The van der Waals surface area contributed by atoms with Gasteiger partial charge in [-0.2, -0.15) is 5.10 Å². The Hall–Kier alpha value is -1.34. The van der Waals surface area contributed by atoms with Crippen LogP contribution in [0.4, 0.5) is 0 Å². The summed E-state index contributed by atoms with van der Waals surface area (Å²) in [7, 11) is 1.91. The van der Waals surface area contributed by atoms with Gasteiger partial charge in [-0.05, 0) is 34.5 Å². The summed E-state index contributed by atoms with van der Waals surface area (Å²) in [6.45, 7) is 2.06. The zero-order chi connectivity index (χ0) is 14.7. The lowest BCUT2D eigenvalue weighted by Gasteiger charge is -2.04. The van der Waals surface area contributed by atoms with Crippen LogP contribution in [0, 0.1) is 0 Å². The maximum atomic E-state index is 10.9. The van der Waals surface area contributed by atoms with Gasteiger partial charge in [-0.1, -0.05) is 6.92 Å². The van der Waals surface area contributed by atoms with Crippen LogP contribution >= 0.6 is 27.7 Å². The number of aryl methyl sites for hydroxylation is 2. The molecule has 2 aromatic heterocycles. The third-order valence-corrected chi connectivity index (χ3v) is 4.75. The zero-order valence-electron chi connectivity index (χ0n) is 11.1. The molecule has 0 atom stereocenters. The van der Waals surface area contributed by atoms with Crippen molar-refractivity contribution in [1.29, 1.82) is 0 Å². The molecule has 2 heterocycles. The molecule has 5 nitrogen and oxygen atoms in total. The number of aromatic nitrogens is 3. The summed E-state index contributed by atoms with van der Waals surface area (Å²) in [6, 6.07) is 3.39. The standard InChI is InChI=1S/C13H14BrN3O2S/c1-3-9-12(14)11(17(2)16-9)7-20-8-4-5-15-10(6-8)13(18)19/h4-6H,3,7H2,1-2H3,(H,18,19). The molecule has 20 heavy (non-hydrogen) atoms. The second-order valence-corrected chi connectivity index (χ2v) is 6.00. The number of carbonyl (C=O) groups is 1. The molecule has 7 heteroatoms. The van der Waals surface area contributed by atoms with E-state index < -0.39 is 5.97 Å². The van der Waals surface area contributed by atoms with Crippen molar-refractivity contribution in [3.05, 3.63) is 39.9 Å². The Morgan fingerprint density at radius 3 is 2.90 bits per heavy atom. The number of hydrogen-bond donors (Lipinski definition) is 1. The van der Waals surface area contributed by atoms with Gasteiger partial charge in [0.2, 0.25) is 0 Å². The van der Waals surface area contributed by atoms with Crippen LogP contribution in [0.25, 0.3) is 0 Å². The lowest BCUT2D eigenvalue weighted by Crippen LogP contribution is -2.00. The lowest BCUT2D eigenvalue weighted by atomic mass is 10.3. The molecule has 0 aliphatic rings. The van der Waals surface area contributed by atoms with Gasteiger partial charge in [-0.3, -0.25) is 4.68 Å². The van der Waals surface area contributed by atoms with Crippen molar-refractivity contribution in [1.82, 2.24) is 14.8 Å². The van der Waals surface area contributed by atoms with Crippen molar-refractivity contribution < 1.29 is 9.90 Å². The average molecular weight is 356 g/mol. The van der Waals surface area contributed by atoms with E-state index in [0.717, 1.165) is 27.2 Å². The maximum absolute atomic E-state index is 10.9. The third-order valence-electron chi connectivity index (χ3n) is 2.83. The van der Waals surface area contributed by atoms with E-state index in [1.54, 1.807) is 17.8 Å². The van der Waals surface area contributed by atoms with Gasteiger partial charge in [-0.15, -0.1) is 11.8 Å². The first-order valence-electron chi connectivity index (χ1n) is 6.05. The highest BCUT2D eigenvalue weighted by molar-refractivity contribution is 9.10. The van der Waals surface area contributed by atoms with Gasteiger partial charge in [0, 0.05) is 23.9 Å². The van der Waals surface area contributed by atoms with Gasteiger partial charge in [0.05, 0.1) is 15.9 Å². The molecule has 0 saturated carbocycles. The van der Waals surface area contributed by atoms with Gasteiger partial charge in [0.15, 0.2) is 0 Å². The highest BCUT2D eigenvalue weighted by Crippen LogP contribution is 2.29. The Morgan fingerprint density at radius 2 is 2.30 bits per heavy atom. The first-order valence-corrected chi connectivity index (χ1v) is 7.83. The number of carboxylic acid groups (broad SMARTS) is 1. The van der Waals surface area contributed by atoms with Crippen LogP contribution in [0.1, 0.15) is 28.8 Å². The van der Waals surface area contributed by atoms with E-state index in [1.807, 2.05) is 17.8 Å². The van der Waals surface area contributed by atoms with E-state index in [4.69, 9.17) is 5.11 Å². The largest absolute Gasteiger partial charge is 0.477 e. The molecule has 0 aromatic carbocycles. The van der Waals surface area contributed by atoms with Crippen molar-refractivity contribution >= 4 is 33.7 Å². The molecule has 0 unspecified atom stereocenters. The van der Waals surface area contributed by atoms with E-state index in [0.29, 0.717) is 5.75 Å². The molecule has 0 bridgehead atoms. The summed E-state index contributed by atoms with van der Waals surface area (Å²) >= 11 is 5.13. The SMILES string of the molecule is CCc1nn(C)c(CSc2ccnc(C(=O)O)c2)c1Br. The molecule has 0 aliphatic heterocycles. The van der Waals surface area contributed by atoms with E-state index in [-0.39, 0.29) is 5.69 Å². The van der Waals surface area contributed by atoms with Gasteiger partial charge in [-0.25, -0.2) is 9.78 Å². The molecule has 106 valence electrons. The Balaban J connectivity index is 2.15. The lowest BCUT2D eigenvalue weighted by molar-refractivity contribution is 0.0690. The molecular formula is C13H14BrN3O2S. The van der Waals surface area contributed by atoms with Crippen LogP contribution in [0.5, 0.6) is 0 Å². The Kier molecular flexibility index (Phi) is 4.82. The fraction of sp³-hybridized carbons (Fsp3) is 0.308. The monoisotopic (exact) mass is 355 g/mol. The first kappa shape index (κ1) is 15.1. The summed E-state index contributed by atoms with van der Waals surface area (Å²) in [5, 5.41) is 13.4. The Morgan fingerprint density at radius 1 is 1.55 bits per heavy atom. The van der Waals surface area contributed by atoms with Gasteiger partial charge in [0.1, 0.15) is 5.69 Å². The summed E-state index contributed by atoms with van der Waals surface area (Å²) < 4.78 is 2.89. The predicted molar refractivity (Wildman–Crippen MR) is 81.0 cm³/mol. The van der Waals surface area contributed by atoms with E-state index >= 15 is 0 Å². The minimum Gasteiger partial charge on any atom is -0.477 e. The summed E-state index contributed by atoms with van der Waals surface area (Å²) in [5.41, 5.74) is 2.18. The van der Waals surface area contributed by atoms with Gasteiger partial charge in [0.25, 0.3) is 0 Å². The molecule has 0 fully saturated rings. The van der Waals surface area contributed by atoms with Gasteiger partial charge >= 0.3 is 5.97 Å². The smallest absolute Gasteiger partial charge is 0.354 e. The third kappa shape index (κ3) is 3.21.